The molecule has 0 aliphatic rings. The lowest BCUT2D eigenvalue weighted by atomic mass is 10.0. The predicted molar refractivity (Wildman–Crippen MR) is 153 cm³/mol. The van der Waals surface area contributed by atoms with Crippen LogP contribution in [0.2, 0.25) is 0 Å². The Bertz CT molecular complexity index is 1120. The Morgan fingerprint density at radius 3 is 2.33 bits per heavy atom. The van der Waals surface area contributed by atoms with E-state index in [1.54, 1.807) is 16.7 Å². The largest absolute Gasteiger partial charge is 0.352 e. The molecule has 0 saturated carbocycles. The first-order chi connectivity index (χ1) is 17.4. The number of aryl methyl sites for hydroxylation is 1. The Morgan fingerprint density at radius 1 is 0.972 bits per heavy atom. The van der Waals surface area contributed by atoms with E-state index in [1.165, 1.54) is 5.56 Å². The zero-order chi connectivity index (χ0) is 25.9. The maximum atomic E-state index is 13.7. The summed E-state index contributed by atoms with van der Waals surface area (Å²) in [5.74, 6) is 0.527. The molecule has 6 heteroatoms. The summed E-state index contributed by atoms with van der Waals surface area (Å²) in [6, 6.07) is 25.6. The lowest BCUT2D eigenvalue weighted by Gasteiger charge is -2.32. The Balaban J connectivity index is 1.85. The summed E-state index contributed by atoms with van der Waals surface area (Å²) in [7, 11) is 0. The van der Waals surface area contributed by atoms with E-state index in [2.05, 4.69) is 52.4 Å². The highest BCUT2D eigenvalue weighted by atomic mass is 79.9. The molecular formula is C30H35BrN2O2S. The third-order valence-electron chi connectivity index (χ3n) is 6.12. The quantitative estimate of drug-likeness (QED) is 0.245. The molecular weight excluding hydrogens is 532 g/mol. The van der Waals surface area contributed by atoms with E-state index in [4.69, 9.17) is 0 Å². The van der Waals surface area contributed by atoms with Crippen LogP contribution in [0.15, 0.2) is 88.2 Å². The van der Waals surface area contributed by atoms with Gasteiger partial charge < -0.3 is 10.2 Å². The Kier molecular flexibility index (Phi) is 11.1. The molecule has 0 unspecified atom stereocenters. The summed E-state index contributed by atoms with van der Waals surface area (Å²) in [6.45, 7) is 6.48. The van der Waals surface area contributed by atoms with Crippen LogP contribution in [0.4, 0.5) is 0 Å². The van der Waals surface area contributed by atoms with Crippen LogP contribution >= 0.6 is 27.7 Å². The van der Waals surface area contributed by atoms with E-state index in [9.17, 15) is 9.59 Å². The van der Waals surface area contributed by atoms with Gasteiger partial charge in [-0.15, -0.1) is 11.8 Å². The fourth-order valence-corrected chi connectivity index (χ4v) is 5.15. The van der Waals surface area contributed by atoms with Crippen LogP contribution in [0, 0.1) is 6.92 Å². The normalized spacial score (nSPS) is 12.6. The van der Waals surface area contributed by atoms with Crippen molar-refractivity contribution in [3.05, 3.63) is 100 Å². The zero-order valence-electron chi connectivity index (χ0n) is 21.2. The van der Waals surface area contributed by atoms with Gasteiger partial charge in [-0.1, -0.05) is 83.0 Å². The fourth-order valence-electron chi connectivity index (χ4n) is 3.86. The summed E-state index contributed by atoms with van der Waals surface area (Å²) in [4.78, 5) is 30.1. The second kappa shape index (κ2) is 14.2. The van der Waals surface area contributed by atoms with Crippen molar-refractivity contribution in [2.24, 2.45) is 0 Å². The summed E-state index contributed by atoms with van der Waals surface area (Å²) in [6.07, 6.45) is 1.65. The fraction of sp³-hybridized carbons (Fsp3) is 0.333. The van der Waals surface area contributed by atoms with Crippen LogP contribution in [0.3, 0.4) is 0 Å². The van der Waals surface area contributed by atoms with Crippen LogP contribution in [-0.4, -0.2) is 34.6 Å². The van der Waals surface area contributed by atoms with Gasteiger partial charge >= 0.3 is 0 Å². The lowest BCUT2D eigenvalue weighted by molar-refractivity contribution is -0.141. The van der Waals surface area contributed by atoms with Gasteiger partial charge in [-0.3, -0.25) is 9.59 Å². The molecule has 2 amide bonds. The Hall–Kier alpha value is -2.57. The average Bonchev–Trinajstić information content (AvgIpc) is 2.87. The molecule has 0 aliphatic heterocycles. The van der Waals surface area contributed by atoms with Gasteiger partial charge in [0.15, 0.2) is 0 Å². The SMILES string of the molecule is CC[C@H](C)NC(=O)[C@@H](Cc1ccccc1)N(Cc1cccc(Br)c1)C(=O)CCSc1ccc(C)cc1. The highest BCUT2D eigenvalue weighted by molar-refractivity contribution is 9.10. The van der Waals surface area contributed by atoms with Crippen molar-refractivity contribution < 1.29 is 9.59 Å². The van der Waals surface area contributed by atoms with E-state index in [0.717, 1.165) is 26.9 Å². The Labute approximate surface area is 228 Å². The summed E-state index contributed by atoms with van der Waals surface area (Å²) >= 11 is 5.20. The summed E-state index contributed by atoms with van der Waals surface area (Å²) < 4.78 is 0.950. The molecule has 4 nitrogen and oxygen atoms in total. The maximum Gasteiger partial charge on any atom is 0.243 e. The minimum absolute atomic E-state index is 0.0187. The van der Waals surface area contributed by atoms with Gasteiger partial charge in [-0.05, 0) is 55.7 Å². The maximum absolute atomic E-state index is 13.7. The van der Waals surface area contributed by atoms with Gasteiger partial charge in [-0.2, -0.15) is 0 Å². The molecule has 0 heterocycles. The van der Waals surface area contributed by atoms with E-state index in [1.807, 2.05) is 68.4 Å². The number of hydrogen-bond acceptors (Lipinski definition) is 3. The molecule has 36 heavy (non-hydrogen) atoms. The van der Waals surface area contributed by atoms with Crippen LogP contribution in [0.25, 0.3) is 0 Å². The van der Waals surface area contributed by atoms with Crippen LogP contribution in [-0.2, 0) is 22.6 Å². The number of carbonyl (C=O) groups is 2. The van der Waals surface area contributed by atoms with Gasteiger partial charge in [0.05, 0.1) is 0 Å². The van der Waals surface area contributed by atoms with Gasteiger partial charge in [-0.25, -0.2) is 0 Å². The van der Waals surface area contributed by atoms with E-state index in [0.29, 0.717) is 25.1 Å². The molecule has 190 valence electrons. The van der Waals surface area contributed by atoms with Crippen molar-refractivity contribution in [2.45, 2.75) is 63.6 Å². The molecule has 1 N–H and O–H groups in total. The number of rotatable bonds is 12. The highest BCUT2D eigenvalue weighted by Gasteiger charge is 2.30. The number of carbonyl (C=O) groups excluding carboxylic acids is 2. The molecule has 3 aromatic rings. The topological polar surface area (TPSA) is 49.4 Å². The molecule has 0 spiro atoms. The number of benzene rings is 3. The minimum atomic E-state index is -0.600. The predicted octanol–water partition coefficient (Wildman–Crippen LogP) is 6.79. The van der Waals surface area contributed by atoms with E-state index >= 15 is 0 Å². The van der Waals surface area contributed by atoms with Crippen molar-refractivity contribution >= 4 is 39.5 Å². The molecule has 2 atom stereocenters. The van der Waals surface area contributed by atoms with Gasteiger partial charge in [0.25, 0.3) is 0 Å². The van der Waals surface area contributed by atoms with Crippen LogP contribution in [0.5, 0.6) is 0 Å². The highest BCUT2D eigenvalue weighted by Crippen LogP contribution is 2.22. The monoisotopic (exact) mass is 566 g/mol. The van der Waals surface area contributed by atoms with Crippen molar-refractivity contribution in [1.29, 1.82) is 0 Å². The molecule has 3 rings (SSSR count). The molecule has 3 aromatic carbocycles. The minimum Gasteiger partial charge on any atom is -0.352 e. The number of hydrogen-bond donors (Lipinski definition) is 1. The lowest BCUT2D eigenvalue weighted by Crippen LogP contribution is -2.52. The number of thioether (sulfide) groups is 1. The number of amides is 2. The molecule has 0 radical (unpaired) electrons. The molecule has 0 saturated heterocycles. The second-order valence-electron chi connectivity index (χ2n) is 9.09. The van der Waals surface area contributed by atoms with Crippen molar-refractivity contribution in [3.8, 4) is 0 Å². The first-order valence-electron chi connectivity index (χ1n) is 12.4. The summed E-state index contributed by atoms with van der Waals surface area (Å²) in [5, 5.41) is 3.12. The van der Waals surface area contributed by atoms with E-state index < -0.39 is 6.04 Å². The van der Waals surface area contributed by atoms with E-state index in [-0.39, 0.29) is 17.9 Å². The van der Waals surface area contributed by atoms with Crippen molar-refractivity contribution in [3.63, 3.8) is 0 Å². The third-order valence-corrected chi connectivity index (χ3v) is 7.63. The molecule has 0 bridgehead atoms. The number of halogens is 1. The standard InChI is InChI=1S/C30H35BrN2O2S/c1-4-23(3)32-30(35)28(20-24-9-6-5-7-10-24)33(21-25-11-8-12-26(31)19-25)29(34)17-18-36-27-15-13-22(2)14-16-27/h5-16,19,23,28H,4,17-18,20-21H2,1-3H3,(H,32,35)/t23-,28+/m0/s1. The number of nitrogens with zero attached hydrogens (tertiary/aromatic N) is 1. The van der Waals surface area contributed by atoms with Crippen molar-refractivity contribution in [1.82, 2.24) is 10.2 Å². The molecule has 0 aromatic heterocycles. The Morgan fingerprint density at radius 2 is 1.67 bits per heavy atom. The summed E-state index contributed by atoms with van der Waals surface area (Å²) in [5.41, 5.74) is 3.23. The molecule has 0 aliphatic carbocycles. The second-order valence-corrected chi connectivity index (χ2v) is 11.2. The average molecular weight is 568 g/mol. The van der Waals surface area contributed by atoms with Gasteiger partial charge in [0, 0.05) is 40.5 Å². The van der Waals surface area contributed by atoms with Crippen molar-refractivity contribution in [2.75, 3.05) is 5.75 Å². The first-order valence-corrected chi connectivity index (χ1v) is 14.2. The molecule has 0 fully saturated rings. The van der Waals surface area contributed by atoms with Gasteiger partial charge in [0.1, 0.15) is 6.04 Å². The smallest absolute Gasteiger partial charge is 0.243 e. The third kappa shape index (κ3) is 8.82. The van der Waals surface area contributed by atoms with Gasteiger partial charge in [0.2, 0.25) is 11.8 Å². The van der Waals surface area contributed by atoms with Crippen LogP contribution < -0.4 is 5.32 Å². The van der Waals surface area contributed by atoms with Crippen LogP contribution in [0.1, 0.15) is 43.4 Å². The first kappa shape index (κ1) is 28.0. The zero-order valence-corrected chi connectivity index (χ0v) is 23.6. The number of nitrogens with one attached hydrogen (secondary N) is 1.